The molecule has 8 nitrogen and oxygen atoms in total. The second kappa shape index (κ2) is 7.78. The number of halogens is 6. The molecule has 0 aliphatic heterocycles. The molecule has 0 spiro atoms. The lowest BCUT2D eigenvalue weighted by Gasteiger charge is -2.12. The maximum Gasteiger partial charge on any atom is 0.433 e. The largest absolute Gasteiger partial charge is 0.433 e. The van der Waals surface area contributed by atoms with Gasteiger partial charge in [-0.25, -0.2) is 14.5 Å². The topological polar surface area (TPSA) is 108 Å². The molecule has 0 aliphatic carbocycles. The van der Waals surface area contributed by atoms with Crippen molar-refractivity contribution in [1.82, 2.24) is 29.7 Å². The zero-order chi connectivity index (χ0) is 25.0. The molecule has 4 heterocycles. The summed E-state index contributed by atoms with van der Waals surface area (Å²) >= 11 is 0. The number of aromatic nitrogens is 6. The predicted molar refractivity (Wildman–Crippen MR) is 109 cm³/mol. The van der Waals surface area contributed by atoms with Crippen molar-refractivity contribution in [2.24, 2.45) is 0 Å². The third-order valence-electron chi connectivity index (χ3n) is 4.97. The fraction of sp³-hybridized carbons (Fsp3) is 0.0952. The highest BCUT2D eigenvalue weighted by Crippen LogP contribution is 2.36. The maximum atomic E-state index is 13.8. The number of nitrogen functional groups attached to an aromatic ring is 1. The number of hydrogen-bond donors (Lipinski definition) is 1. The highest BCUT2D eigenvalue weighted by molar-refractivity contribution is 5.75. The van der Waals surface area contributed by atoms with Crippen LogP contribution in [0.3, 0.4) is 0 Å². The summed E-state index contributed by atoms with van der Waals surface area (Å²) in [7, 11) is 0. The van der Waals surface area contributed by atoms with Crippen molar-refractivity contribution in [3.63, 3.8) is 0 Å². The minimum Gasteiger partial charge on any atom is -0.384 e. The van der Waals surface area contributed by atoms with E-state index in [0.717, 1.165) is 30.5 Å². The molecule has 0 atom stereocenters. The molecule has 5 rings (SSSR count). The lowest BCUT2D eigenvalue weighted by Crippen LogP contribution is -2.13. The number of fused-ring (bicyclic) bond motifs is 1. The first-order valence-corrected chi connectivity index (χ1v) is 9.70. The van der Waals surface area contributed by atoms with Gasteiger partial charge in [-0.3, -0.25) is 0 Å². The predicted octanol–water partition coefficient (Wildman–Crippen LogP) is 5.13. The second-order valence-corrected chi connectivity index (χ2v) is 7.29. The Balaban J connectivity index is 1.65. The fourth-order valence-electron chi connectivity index (χ4n) is 3.33. The van der Waals surface area contributed by atoms with Crippen LogP contribution in [0.5, 0.6) is 0 Å². The van der Waals surface area contributed by atoms with Crippen LogP contribution in [-0.4, -0.2) is 29.7 Å². The average molecular weight is 491 g/mol. The SMILES string of the molecule is Nc1cc(-c2noc(-c3cnn4c(C(F)(F)F)cc(-c5ccc(C(F)(F)F)cc5)nc34)n2)ccn1. The molecular formula is C21H11F6N7O. The summed E-state index contributed by atoms with van der Waals surface area (Å²) in [5.41, 5.74) is 3.50. The van der Waals surface area contributed by atoms with Crippen LogP contribution in [0.1, 0.15) is 11.3 Å². The van der Waals surface area contributed by atoms with Gasteiger partial charge in [0.2, 0.25) is 5.82 Å². The minimum absolute atomic E-state index is 0.00922. The first-order chi connectivity index (χ1) is 16.5. The van der Waals surface area contributed by atoms with Gasteiger partial charge >= 0.3 is 12.4 Å². The van der Waals surface area contributed by atoms with E-state index in [1.165, 1.54) is 12.3 Å². The molecule has 4 aromatic heterocycles. The number of nitrogens with zero attached hydrogens (tertiary/aromatic N) is 6. The molecule has 0 fully saturated rings. The van der Waals surface area contributed by atoms with Gasteiger partial charge in [0.1, 0.15) is 11.4 Å². The molecule has 0 unspecified atom stereocenters. The normalized spacial score (nSPS) is 12.4. The van der Waals surface area contributed by atoms with E-state index in [4.69, 9.17) is 10.3 Å². The molecule has 0 saturated heterocycles. The third kappa shape index (κ3) is 4.13. The number of nitrogens with two attached hydrogens (primary N) is 1. The summed E-state index contributed by atoms with van der Waals surface area (Å²) in [6, 6.07) is 7.34. The molecule has 0 saturated carbocycles. The Labute approximate surface area is 191 Å². The van der Waals surface area contributed by atoms with Crippen molar-refractivity contribution in [3.8, 4) is 34.1 Å². The zero-order valence-corrected chi connectivity index (χ0v) is 17.1. The first kappa shape index (κ1) is 22.3. The zero-order valence-electron chi connectivity index (χ0n) is 17.1. The summed E-state index contributed by atoms with van der Waals surface area (Å²) in [5, 5.41) is 7.58. The second-order valence-electron chi connectivity index (χ2n) is 7.29. The molecule has 14 heteroatoms. The Hall–Kier alpha value is -4.49. The van der Waals surface area contributed by atoms with Crippen molar-refractivity contribution < 1.29 is 30.9 Å². The molecule has 35 heavy (non-hydrogen) atoms. The Kier molecular flexibility index (Phi) is 4.96. The smallest absolute Gasteiger partial charge is 0.384 e. The summed E-state index contributed by atoms with van der Waals surface area (Å²) in [4.78, 5) is 12.2. The van der Waals surface area contributed by atoms with Gasteiger partial charge in [0, 0.05) is 17.3 Å². The number of hydrogen-bond acceptors (Lipinski definition) is 7. The van der Waals surface area contributed by atoms with Gasteiger partial charge in [-0.1, -0.05) is 17.3 Å². The Morgan fingerprint density at radius 2 is 1.60 bits per heavy atom. The third-order valence-corrected chi connectivity index (χ3v) is 4.97. The van der Waals surface area contributed by atoms with E-state index in [1.54, 1.807) is 6.07 Å². The van der Waals surface area contributed by atoms with Crippen molar-refractivity contribution >= 4 is 11.5 Å². The number of pyridine rings is 1. The fourth-order valence-corrected chi connectivity index (χ4v) is 3.33. The Bertz CT molecular complexity index is 1540. The van der Waals surface area contributed by atoms with Crippen molar-refractivity contribution in [1.29, 1.82) is 0 Å². The van der Waals surface area contributed by atoms with Gasteiger partial charge in [-0.2, -0.15) is 36.4 Å². The number of alkyl halides is 6. The summed E-state index contributed by atoms with van der Waals surface area (Å²) in [6.07, 6.45) is -6.95. The lowest BCUT2D eigenvalue weighted by molar-refractivity contribution is -0.142. The van der Waals surface area contributed by atoms with Crippen LogP contribution in [0.25, 0.3) is 39.7 Å². The molecule has 0 aliphatic rings. The highest BCUT2D eigenvalue weighted by atomic mass is 19.4. The van der Waals surface area contributed by atoms with Crippen LogP contribution in [0.4, 0.5) is 32.2 Å². The molecule has 5 aromatic rings. The van der Waals surface area contributed by atoms with E-state index in [1.807, 2.05) is 0 Å². The van der Waals surface area contributed by atoms with Crippen LogP contribution >= 0.6 is 0 Å². The highest BCUT2D eigenvalue weighted by Gasteiger charge is 2.36. The molecule has 2 N–H and O–H groups in total. The van der Waals surface area contributed by atoms with Gasteiger partial charge < -0.3 is 10.3 Å². The lowest BCUT2D eigenvalue weighted by atomic mass is 10.1. The van der Waals surface area contributed by atoms with Gasteiger partial charge in [-0.05, 0) is 30.3 Å². The molecule has 0 amide bonds. The standard InChI is InChI=1S/C21H11F6N7O/c22-20(23,24)12-3-1-10(2-4-12)14-8-15(21(25,26)27)34-18(31-14)13(9-30-34)19-32-17(33-35-19)11-5-6-29-16(28)7-11/h1-9H,(H2,28,29). The first-order valence-electron chi connectivity index (χ1n) is 9.70. The summed E-state index contributed by atoms with van der Waals surface area (Å²) in [6.45, 7) is 0. The Morgan fingerprint density at radius 1 is 0.857 bits per heavy atom. The average Bonchev–Trinajstić information content (AvgIpc) is 3.44. The molecule has 0 radical (unpaired) electrons. The molecule has 178 valence electrons. The van der Waals surface area contributed by atoms with Crippen molar-refractivity contribution in [2.45, 2.75) is 12.4 Å². The van der Waals surface area contributed by atoms with Crippen LogP contribution in [0.2, 0.25) is 0 Å². The summed E-state index contributed by atoms with van der Waals surface area (Å²) in [5.74, 6) is 0.126. The van der Waals surface area contributed by atoms with Crippen LogP contribution in [-0.2, 0) is 12.4 Å². The van der Waals surface area contributed by atoms with Crippen LogP contribution in [0.15, 0.2) is 59.4 Å². The minimum atomic E-state index is -4.85. The van der Waals surface area contributed by atoms with Gasteiger partial charge in [-0.15, -0.1) is 0 Å². The molecular weight excluding hydrogens is 480 g/mol. The van der Waals surface area contributed by atoms with Crippen molar-refractivity contribution in [2.75, 3.05) is 5.73 Å². The molecule has 1 aromatic carbocycles. The monoisotopic (exact) mass is 491 g/mol. The van der Waals surface area contributed by atoms with E-state index in [-0.39, 0.29) is 40.0 Å². The van der Waals surface area contributed by atoms with E-state index < -0.39 is 23.6 Å². The van der Waals surface area contributed by atoms with E-state index in [2.05, 4.69) is 25.2 Å². The van der Waals surface area contributed by atoms with Crippen molar-refractivity contribution in [3.05, 3.63) is 66.1 Å². The van der Waals surface area contributed by atoms with E-state index in [9.17, 15) is 26.3 Å². The Morgan fingerprint density at radius 3 is 2.26 bits per heavy atom. The van der Waals surface area contributed by atoms with Gasteiger partial charge in [0.15, 0.2) is 11.3 Å². The van der Waals surface area contributed by atoms with E-state index >= 15 is 0 Å². The quantitative estimate of drug-likeness (QED) is 0.349. The number of benzene rings is 1. The number of rotatable bonds is 3. The van der Waals surface area contributed by atoms with Gasteiger partial charge in [0.05, 0.1) is 17.5 Å². The number of anilines is 1. The molecule has 0 bridgehead atoms. The van der Waals surface area contributed by atoms with Gasteiger partial charge in [0.25, 0.3) is 5.89 Å². The summed E-state index contributed by atoms with van der Waals surface area (Å²) < 4.78 is 85.8. The maximum absolute atomic E-state index is 13.8. The van der Waals surface area contributed by atoms with Crippen LogP contribution < -0.4 is 5.73 Å². The van der Waals surface area contributed by atoms with Crippen LogP contribution in [0, 0.1) is 0 Å². The van der Waals surface area contributed by atoms with E-state index in [0.29, 0.717) is 16.1 Å².